The predicted molar refractivity (Wildman–Crippen MR) is 96.9 cm³/mol. The van der Waals surface area contributed by atoms with Crippen LogP contribution in [0.3, 0.4) is 0 Å². The maximum absolute atomic E-state index is 10.2. The minimum Gasteiger partial charge on any atom is -0.393 e. The number of aliphatic hydroxyl groups excluding tert-OH is 2. The van der Waals surface area contributed by atoms with Crippen LogP contribution in [0, 0.1) is 13.8 Å². The molecule has 0 aliphatic rings. The summed E-state index contributed by atoms with van der Waals surface area (Å²) >= 11 is 0. The molecule has 5 N–H and O–H groups in total. The van der Waals surface area contributed by atoms with Crippen LogP contribution in [0.1, 0.15) is 17.1 Å². The van der Waals surface area contributed by atoms with Gasteiger partial charge in [-0.1, -0.05) is 0 Å². The summed E-state index contributed by atoms with van der Waals surface area (Å²) < 4.78 is 0. The van der Waals surface area contributed by atoms with Crippen LogP contribution in [-0.2, 0) is 5.60 Å². The molecule has 0 radical (unpaired) electrons. The number of aryl methyl sites for hydroxylation is 2. The first-order valence-corrected chi connectivity index (χ1v) is 8.12. The monoisotopic (exact) mass is 355 g/mol. The van der Waals surface area contributed by atoms with Crippen LogP contribution in [0.15, 0.2) is 36.7 Å². The lowest BCUT2D eigenvalue weighted by Gasteiger charge is -2.20. The number of aliphatic hydroxyl groups is 3. The van der Waals surface area contributed by atoms with Gasteiger partial charge in [-0.25, -0.2) is 15.0 Å². The van der Waals surface area contributed by atoms with Gasteiger partial charge in [0.05, 0.1) is 25.1 Å². The lowest BCUT2D eigenvalue weighted by Crippen LogP contribution is -2.35. The van der Waals surface area contributed by atoms with Gasteiger partial charge in [-0.2, -0.15) is 0 Å². The number of nitrogens with one attached hydrogen (secondary N) is 2. The normalized spacial score (nSPS) is 11.6. The highest BCUT2D eigenvalue weighted by Crippen LogP contribution is 2.27. The van der Waals surface area contributed by atoms with Crippen LogP contribution in [0.4, 0.5) is 11.6 Å². The van der Waals surface area contributed by atoms with Gasteiger partial charge < -0.3 is 25.6 Å². The number of anilines is 2. The summed E-state index contributed by atoms with van der Waals surface area (Å²) in [4.78, 5) is 15.6. The van der Waals surface area contributed by atoms with Crippen molar-refractivity contribution in [2.45, 2.75) is 19.4 Å². The Balaban J connectivity index is 1.92. The molecule has 2 heterocycles. The molecule has 3 rings (SSSR count). The molecular formula is C18H21N5O3. The standard InChI is InChI=1S/C18H21N5O3/c1-11-5-13(15-8-20-16(23-15)18(26,9-24)10-25)7-14(6-11)22-17-19-4-3-12(2)21-17/h3-8,24-26H,9-10H2,1-2H3,(H,20,23)(H,19,21,22). The number of imidazole rings is 1. The second-order valence-electron chi connectivity index (χ2n) is 6.23. The topological polar surface area (TPSA) is 127 Å². The molecule has 0 saturated carbocycles. The zero-order chi connectivity index (χ0) is 18.7. The van der Waals surface area contributed by atoms with E-state index >= 15 is 0 Å². The van der Waals surface area contributed by atoms with Crippen molar-refractivity contribution in [2.24, 2.45) is 0 Å². The van der Waals surface area contributed by atoms with Gasteiger partial charge in [-0.3, -0.25) is 0 Å². The third-order valence-corrected chi connectivity index (χ3v) is 3.98. The molecule has 1 aromatic carbocycles. The van der Waals surface area contributed by atoms with Gasteiger partial charge in [0.15, 0.2) is 5.60 Å². The molecule has 0 aliphatic carbocycles. The fourth-order valence-corrected chi connectivity index (χ4v) is 2.55. The van der Waals surface area contributed by atoms with Crippen molar-refractivity contribution in [3.63, 3.8) is 0 Å². The second-order valence-corrected chi connectivity index (χ2v) is 6.23. The van der Waals surface area contributed by atoms with E-state index in [0.29, 0.717) is 11.6 Å². The summed E-state index contributed by atoms with van der Waals surface area (Å²) in [5.74, 6) is 0.609. The molecule has 26 heavy (non-hydrogen) atoms. The van der Waals surface area contributed by atoms with Crippen LogP contribution in [0.2, 0.25) is 0 Å². The first-order valence-electron chi connectivity index (χ1n) is 8.12. The average molecular weight is 355 g/mol. The summed E-state index contributed by atoms with van der Waals surface area (Å²) in [6.07, 6.45) is 3.24. The molecule has 0 bridgehead atoms. The second kappa shape index (κ2) is 7.20. The van der Waals surface area contributed by atoms with Gasteiger partial charge in [-0.15, -0.1) is 0 Å². The zero-order valence-corrected chi connectivity index (χ0v) is 14.6. The number of aromatic nitrogens is 4. The highest BCUT2D eigenvalue weighted by molar-refractivity contribution is 5.68. The SMILES string of the molecule is Cc1cc(Nc2nccc(C)n2)cc(-c2cnc(C(O)(CO)CO)[nH]2)c1. The maximum Gasteiger partial charge on any atom is 0.227 e. The van der Waals surface area contributed by atoms with Gasteiger partial charge in [-0.05, 0) is 43.7 Å². The molecule has 8 heteroatoms. The molecule has 0 atom stereocenters. The van der Waals surface area contributed by atoms with E-state index in [2.05, 4.69) is 25.3 Å². The van der Waals surface area contributed by atoms with Crippen molar-refractivity contribution in [3.05, 3.63) is 53.7 Å². The fourth-order valence-electron chi connectivity index (χ4n) is 2.55. The molecule has 8 nitrogen and oxygen atoms in total. The van der Waals surface area contributed by atoms with E-state index < -0.39 is 18.8 Å². The van der Waals surface area contributed by atoms with Crippen molar-refractivity contribution in [1.29, 1.82) is 0 Å². The number of nitrogens with zero attached hydrogens (tertiary/aromatic N) is 3. The largest absolute Gasteiger partial charge is 0.393 e. The first kappa shape index (κ1) is 18.0. The summed E-state index contributed by atoms with van der Waals surface area (Å²) in [7, 11) is 0. The summed E-state index contributed by atoms with van der Waals surface area (Å²) in [5.41, 5.74) is 2.35. The third kappa shape index (κ3) is 3.72. The van der Waals surface area contributed by atoms with Crippen molar-refractivity contribution in [1.82, 2.24) is 19.9 Å². The predicted octanol–water partition coefficient (Wildman–Crippen LogP) is 1.40. The quantitative estimate of drug-likeness (QED) is 0.452. The van der Waals surface area contributed by atoms with Gasteiger partial charge in [0.2, 0.25) is 5.95 Å². The maximum atomic E-state index is 10.2. The molecule has 0 fully saturated rings. The molecule has 3 aromatic rings. The highest BCUT2D eigenvalue weighted by atomic mass is 16.4. The highest BCUT2D eigenvalue weighted by Gasteiger charge is 2.31. The zero-order valence-electron chi connectivity index (χ0n) is 14.6. The lowest BCUT2D eigenvalue weighted by molar-refractivity contribution is -0.0656. The number of benzene rings is 1. The molecular weight excluding hydrogens is 334 g/mol. The minimum atomic E-state index is -1.81. The number of H-pyrrole nitrogens is 1. The Morgan fingerprint density at radius 1 is 1.12 bits per heavy atom. The van der Waals surface area contributed by atoms with Crippen molar-refractivity contribution >= 4 is 11.6 Å². The molecule has 0 spiro atoms. The van der Waals surface area contributed by atoms with Gasteiger partial charge in [0.25, 0.3) is 0 Å². The molecule has 0 amide bonds. The molecule has 0 aliphatic heterocycles. The van der Waals surface area contributed by atoms with Crippen LogP contribution >= 0.6 is 0 Å². The van der Waals surface area contributed by atoms with E-state index in [4.69, 9.17) is 0 Å². The van der Waals surface area contributed by atoms with E-state index in [9.17, 15) is 15.3 Å². The number of hydrogen-bond acceptors (Lipinski definition) is 7. The molecule has 0 unspecified atom stereocenters. The summed E-state index contributed by atoms with van der Waals surface area (Å²) in [6.45, 7) is 2.58. The Labute approximate surface area is 150 Å². The van der Waals surface area contributed by atoms with Crippen LogP contribution in [0.5, 0.6) is 0 Å². The Kier molecular flexibility index (Phi) is 4.99. The Bertz CT molecular complexity index is 905. The Morgan fingerprint density at radius 2 is 1.88 bits per heavy atom. The van der Waals surface area contributed by atoms with Crippen molar-refractivity contribution in [3.8, 4) is 11.3 Å². The van der Waals surface area contributed by atoms with E-state index in [-0.39, 0.29) is 5.82 Å². The summed E-state index contributed by atoms with van der Waals surface area (Å²) in [6, 6.07) is 7.64. The van der Waals surface area contributed by atoms with Gasteiger partial charge in [0.1, 0.15) is 5.82 Å². The Morgan fingerprint density at radius 3 is 2.58 bits per heavy atom. The summed E-state index contributed by atoms with van der Waals surface area (Å²) in [5, 5.41) is 31.9. The first-order chi connectivity index (χ1) is 12.4. The van der Waals surface area contributed by atoms with Crippen molar-refractivity contribution < 1.29 is 15.3 Å². The molecule has 136 valence electrons. The van der Waals surface area contributed by atoms with E-state index in [1.165, 1.54) is 0 Å². The third-order valence-electron chi connectivity index (χ3n) is 3.98. The smallest absolute Gasteiger partial charge is 0.227 e. The van der Waals surface area contributed by atoms with E-state index in [1.807, 2.05) is 38.1 Å². The minimum absolute atomic E-state index is 0.107. The van der Waals surface area contributed by atoms with E-state index in [1.54, 1.807) is 12.4 Å². The molecule has 0 saturated heterocycles. The average Bonchev–Trinajstić information content (AvgIpc) is 3.11. The van der Waals surface area contributed by atoms with Crippen LogP contribution < -0.4 is 5.32 Å². The fraction of sp³-hybridized carbons (Fsp3) is 0.278. The lowest BCUT2D eigenvalue weighted by atomic mass is 10.1. The number of hydrogen-bond donors (Lipinski definition) is 5. The van der Waals surface area contributed by atoms with Crippen LogP contribution in [0.25, 0.3) is 11.3 Å². The van der Waals surface area contributed by atoms with Crippen LogP contribution in [-0.4, -0.2) is 48.5 Å². The van der Waals surface area contributed by atoms with Gasteiger partial charge in [0, 0.05) is 23.1 Å². The number of aromatic amines is 1. The van der Waals surface area contributed by atoms with Gasteiger partial charge >= 0.3 is 0 Å². The van der Waals surface area contributed by atoms with E-state index in [0.717, 1.165) is 22.5 Å². The van der Waals surface area contributed by atoms with Crippen molar-refractivity contribution in [2.75, 3.05) is 18.5 Å². The Hall–Kier alpha value is -2.81. The number of rotatable bonds is 6. The molecule has 2 aromatic heterocycles.